The summed E-state index contributed by atoms with van der Waals surface area (Å²) in [5, 5.41) is 3.50. The van der Waals surface area contributed by atoms with E-state index in [0.29, 0.717) is 0 Å². The maximum atomic E-state index is 3.50. The van der Waals surface area contributed by atoms with Crippen LogP contribution in [-0.4, -0.2) is 0 Å². The number of rotatable bonds is 5. The van der Waals surface area contributed by atoms with Gasteiger partial charge in [-0.1, -0.05) is 31.2 Å². The Morgan fingerprint density at radius 2 is 1.82 bits per heavy atom. The summed E-state index contributed by atoms with van der Waals surface area (Å²) in [6.07, 6.45) is 1.10. The van der Waals surface area contributed by atoms with Crippen LogP contribution < -0.4 is 5.32 Å². The molecule has 0 amide bonds. The van der Waals surface area contributed by atoms with Crippen molar-refractivity contribution in [2.75, 3.05) is 0 Å². The molecule has 0 bridgehead atoms. The molecule has 0 spiro atoms. The first-order valence-corrected chi connectivity index (χ1v) is 7.42. The molecule has 0 aliphatic heterocycles. The Balaban J connectivity index is 1.89. The van der Waals surface area contributed by atoms with Crippen LogP contribution in [0.5, 0.6) is 0 Å². The van der Waals surface area contributed by atoms with Crippen LogP contribution in [0.1, 0.15) is 22.9 Å². The molecule has 90 valence electrons. The van der Waals surface area contributed by atoms with Crippen LogP contribution in [0.2, 0.25) is 0 Å². The molecule has 0 saturated heterocycles. The molecule has 1 aromatic heterocycles. The molecular formula is C14H16BrNS. The van der Waals surface area contributed by atoms with E-state index in [2.05, 4.69) is 64.6 Å². The number of nitrogens with one attached hydrogen (secondary N) is 1. The van der Waals surface area contributed by atoms with E-state index in [9.17, 15) is 0 Å². The fourth-order valence-corrected chi connectivity index (χ4v) is 3.29. The summed E-state index contributed by atoms with van der Waals surface area (Å²) in [5.74, 6) is 0. The Morgan fingerprint density at radius 1 is 1.06 bits per heavy atom. The number of aryl methyl sites for hydroxylation is 1. The van der Waals surface area contributed by atoms with Gasteiger partial charge in [0.1, 0.15) is 0 Å². The van der Waals surface area contributed by atoms with Crippen LogP contribution in [0.3, 0.4) is 0 Å². The lowest BCUT2D eigenvalue weighted by Crippen LogP contribution is -2.13. The molecule has 2 rings (SSSR count). The van der Waals surface area contributed by atoms with Gasteiger partial charge in [-0.15, -0.1) is 11.3 Å². The lowest BCUT2D eigenvalue weighted by Gasteiger charge is -2.08. The van der Waals surface area contributed by atoms with E-state index in [1.54, 1.807) is 11.3 Å². The molecule has 3 heteroatoms. The zero-order valence-corrected chi connectivity index (χ0v) is 12.3. The molecule has 0 aliphatic rings. The first-order valence-electron chi connectivity index (χ1n) is 5.81. The molecule has 0 atom stereocenters. The van der Waals surface area contributed by atoms with Crippen LogP contribution in [0, 0.1) is 0 Å². The minimum absolute atomic E-state index is 0.939. The van der Waals surface area contributed by atoms with Crippen molar-refractivity contribution in [1.82, 2.24) is 5.32 Å². The molecule has 0 saturated carbocycles. The van der Waals surface area contributed by atoms with Crippen molar-refractivity contribution in [3.05, 3.63) is 56.2 Å². The SMILES string of the molecule is CCc1ccccc1CNCc1ccc(Br)s1. The van der Waals surface area contributed by atoms with Crippen LogP contribution in [0.15, 0.2) is 40.2 Å². The second-order valence-corrected chi connectivity index (χ2v) is 6.48. The summed E-state index contributed by atoms with van der Waals surface area (Å²) in [7, 11) is 0. The third kappa shape index (κ3) is 3.66. The minimum atomic E-state index is 0.939. The lowest BCUT2D eigenvalue weighted by molar-refractivity contribution is 0.695. The molecule has 1 heterocycles. The highest BCUT2D eigenvalue weighted by molar-refractivity contribution is 9.11. The van der Waals surface area contributed by atoms with Gasteiger partial charge in [-0.25, -0.2) is 0 Å². The van der Waals surface area contributed by atoms with Gasteiger partial charge in [-0.3, -0.25) is 0 Å². The van der Waals surface area contributed by atoms with Crippen molar-refractivity contribution in [2.45, 2.75) is 26.4 Å². The Bertz CT molecular complexity index is 479. The second kappa shape index (κ2) is 6.34. The molecule has 0 radical (unpaired) electrons. The second-order valence-electron chi connectivity index (χ2n) is 3.93. The molecule has 2 aromatic rings. The standard InChI is InChI=1S/C14H16BrNS/c1-2-11-5-3-4-6-12(11)9-16-10-13-7-8-14(15)17-13/h3-8,16H,2,9-10H2,1H3. The Morgan fingerprint density at radius 3 is 2.47 bits per heavy atom. The number of benzene rings is 1. The maximum Gasteiger partial charge on any atom is 0.0701 e. The minimum Gasteiger partial charge on any atom is -0.308 e. The van der Waals surface area contributed by atoms with Crippen LogP contribution in [0.4, 0.5) is 0 Å². The largest absolute Gasteiger partial charge is 0.308 e. The van der Waals surface area contributed by atoms with Gasteiger partial charge >= 0.3 is 0 Å². The van der Waals surface area contributed by atoms with Crippen LogP contribution in [0.25, 0.3) is 0 Å². The van der Waals surface area contributed by atoms with Gasteiger partial charge in [0, 0.05) is 18.0 Å². The first-order chi connectivity index (χ1) is 8.29. The fourth-order valence-electron chi connectivity index (χ4n) is 1.84. The molecular weight excluding hydrogens is 294 g/mol. The van der Waals surface area contributed by atoms with E-state index in [4.69, 9.17) is 0 Å². The summed E-state index contributed by atoms with van der Waals surface area (Å²) in [6.45, 7) is 4.09. The maximum absolute atomic E-state index is 3.50. The van der Waals surface area contributed by atoms with E-state index >= 15 is 0 Å². The molecule has 0 aliphatic carbocycles. The number of hydrogen-bond acceptors (Lipinski definition) is 2. The van der Waals surface area contributed by atoms with Crippen LogP contribution in [-0.2, 0) is 19.5 Å². The molecule has 0 unspecified atom stereocenters. The van der Waals surface area contributed by atoms with E-state index in [1.165, 1.54) is 19.8 Å². The van der Waals surface area contributed by atoms with Gasteiger partial charge in [0.15, 0.2) is 0 Å². The van der Waals surface area contributed by atoms with Gasteiger partial charge in [-0.2, -0.15) is 0 Å². The van der Waals surface area contributed by atoms with Gasteiger partial charge in [0.2, 0.25) is 0 Å². The van der Waals surface area contributed by atoms with E-state index in [0.717, 1.165) is 19.5 Å². The Kier molecular flexibility index (Phi) is 4.77. The molecule has 1 aromatic carbocycles. The molecule has 1 nitrogen and oxygen atoms in total. The number of thiophene rings is 1. The lowest BCUT2D eigenvalue weighted by atomic mass is 10.1. The topological polar surface area (TPSA) is 12.0 Å². The van der Waals surface area contributed by atoms with Gasteiger partial charge in [-0.05, 0) is 45.6 Å². The first kappa shape index (κ1) is 12.8. The average molecular weight is 310 g/mol. The highest BCUT2D eigenvalue weighted by Crippen LogP contribution is 2.21. The van der Waals surface area contributed by atoms with E-state index in [-0.39, 0.29) is 0 Å². The highest BCUT2D eigenvalue weighted by Gasteiger charge is 2.00. The summed E-state index contributed by atoms with van der Waals surface area (Å²) in [6, 6.07) is 12.9. The van der Waals surface area contributed by atoms with E-state index in [1.807, 2.05) is 0 Å². The quantitative estimate of drug-likeness (QED) is 0.865. The zero-order valence-electron chi connectivity index (χ0n) is 9.87. The van der Waals surface area contributed by atoms with E-state index < -0.39 is 0 Å². The normalized spacial score (nSPS) is 10.7. The Hall–Kier alpha value is -0.640. The van der Waals surface area contributed by atoms with Crippen molar-refractivity contribution in [3.63, 3.8) is 0 Å². The highest BCUT2D eigenvalue weighted by atomic mass is 79.9. The summed E-state index contributed by atoms with van der Waals surface area (Å²) in [5.41, 5.74) is 2.85. The third-order valence-corrected chi connectivity index (χ3v) is 4.37. The number of hydrogen-bond donors (Lipinski definition) is 1. The number of halogens is 1. The summed E-state index contributed by atoms with van der Waals surface area (Å²) >= 11 is 5.27. The zero-order chi connectivity index (χ0) is 12.1. The van der Waals surface area contributed by atoms with Crippen molar-refractivity contribution >= 4 is 27.3 Å². The van der Waals surface area contributed by atoms with Gasteiger partial charge in [0.05, 0.1) is 3.79 Å². The van der Waals surface area contributed by atoms with Crippen LogP contribution >= 0.6 is 27.3 Å². The predicted octanol–water partition coefficient (Wildman–Crippen LogP) is 4.36. The van der Waals surface area contributed by atoms with Gasteiger partial charge < -0.3 is 5.32 Å². The van der Waals surface area contributed by atoms with Crippen molar-refractivity contribution in [3.8, 4) is 0 Å². The predicted molar refractivity (Wildman–Crippen MR) is 78.4 cm³/mol. The fraction of sp³-hybridized carbons (Fsp3) is 0.286. The molecule has 1 N–H and O–H groups in total. The van der Waals surface area contributed by atoms with Crippen molar-refractivity contribution in [2.24, 2.45) is 0 Å². The van der Waals surface area contributed by atoms with Crippen molar-refractivity contribution in [1.29, 1.82) is 0 Å². The summed E-state index contributed by atoms with van der Waals surface area (Å²) < 4.78 is 1.20. The average Bonchev–Trinajstić information content (AvgIpc) is 2.76. The van der Waals surface area contributed by atoms with Gasteiger partial charge in [0.25, 0.3) is 0 Å². The monoisotopic (exact) mass is 309 g/mol. The smallest absolute Gasteiger partial charge is 0.0701 e. The molecule has 0 fully saturated rings. The Labute approximate surface area is 115 Å². The third-order valence-electron chi connectivity index (χ3n) is 2.74. The van der Waals surface area contributed by atoms with Crippen molar-refractivity contribution < 1.29 is 0 Å². The molecule has 17 heavy (non-hydrogen) atoms. The summed E-state index contributed by atoms with van der Waals surface area (Å²) in [4.78, 5) is 1.37.